The highest BCUT2D eigenvalue weighted by atomic mass is 32.2. The second-order valence-corrected chi connectivity index (χ2v) is 4.50. The highest BCUT2D eigenvalue weighted by Crippen LogP contribution is 2.47. The van der Waals surface area contributed by atoms with E-state index in [1.165, 1.54) is 6.92 Å². The topological polar surface area (TPSA) is 34.1 Å². The summed E-state index contributed by atoms with van der Waals surface area (Å²) in [4.78, 5) is 0. The van der Waals surface area contributed by atoms with E-state index in [2.05, 4.69) is 0 Å². The first kappa shape index (κ1) is 7.91. The Morgan fingerprint density at radius 2 is 2.00 bits per heavy atom. The fraction of sp³-hybridized carbons (Fsp3) is 0.800. The van der Waals surface area contributed by atoms with Gasteiger partial charge in [-0.15, -0.1) is 0 Å². The number of hydrogen-bond donors (Lipinski definition) is 0. The molecule has 1 unspecified atom stereocenters. The molecule has 0 saturated heterocycles. The molecule has 2 nitrogen and oxygen atoms in total. The maximum absolute atomic E-state index is 12.1. The van der Waals surface area contributed by atoms with Crippen molar-refractivity contribution in [1.29, 1.82) is 0 Å². The molecule has 0 aromatic carbocycles. The van der Waals surface area contributed by atoms with Gasteiger partial charge in [-0.1, -0.05) is 0 Å². The second kappa shape index (κ2) is 1.90. The van der Waals surface area contributed by atoms with E-state index in [1.807, 2.05) is 0 Å². The molecule has 0 bridgehead atoms. The van der Waals surface area contributed by atoms with E-state index in [9.17, 15) is 17.2 Å². The molecular weight excluding hydrogens is 162 g/mol. The Morgan fingerprint density at radius 1 is 1.60 bits per heavy atom. The summed E-state index contributed by atoms with van der Waals surface area (Å²) in [6, 6.07) is 0. The molecule has 0 aromatic rings. The maximum atomic E-state index is 12.1. The van der Waals surface area contributed by atoms with Gasteiger partial charge in [-0.2, -0.15) is 0 Å². The summed E-state index contributed by atoms with van der Waals surface area (Å²) in [5, 5.41) is -1.44. The van der Waals surface area contributed by atoms with Crippen molar-refractivity contribution in [2.24, 2.45) is 0 Å². The molecule has 1 fully saturated rings. The standard InChI is InChI=1S/C5H7F2O2S/c1-2-10(8,9)4-3-5(4,6)7/h2,4H,3H2,1H3. The monoisotopic (exact) mass is 169 g/mol. The maximum Gasteiger partial charge on any atom is 0.266 e. The molecule has 1 atom stereocenters. The van der Waals surface area contributed by atoms with Gasteiger partial charge in [0.05, 0.1) is 5.75 Å². The molecule has 0 heterocycles. The van der Waals surface area contributed by atoms with E-state index in [4.69, 9.17) is 0 Å². The molecule has 1 saturated carbocycles. The summed E-state index contributed by atoms with van der Waals surface area (Å²) in [6.07, 6.45) is -0.514. The molecule has 0 N–H and O–H groups in total. The van der Waals surface area contributed by atoms with Crippen LogP contribution in [-0.4, -0.2) is 19.6 Å². The Hall–Kier alpha value is -0.190. The van der Waals surface area contributed by atoms with E-state index < -0.39 is 27.4 Å². The summed E-state index contributed by atoms with van der Waals surface area (Å²) >= 11 is 0. The number of hydrogen-bond acceptors (Lipinski definition) is 2. The van der Waals surface area contributed by atoms with Crippen molar-refractivity contribution >= 4 is 9.84 Å². The lowest BCUT2D eigenvalue weighted by atomic mass is 10.8. The Bertz CT molecular complexity index is 232. The Labute approximate surface area is 58.1 Å². The third-order valence-electron chi connectivity index (χ3n) is 1.49. The van der Waals surface area contributed by atoms with Crippen LogP contribution in [-0.2, 0) is 9.84 Å². The lowest BCUT2D eigenvalue weighted by Gasteiger charge is -1.95. The van der Waals surface area contributed by atoms with E-state index in [1.54, 1.807) is 0 Å². The minimum atomic E-state index is -3.61. The smallest absolute Gasteiger partial charge is 0.228 e. The largest absolute Gasteiger partial charge is 0.266 e. The lowest BCUT2D eigenvalue weighted by molar-refractivity contribution is 0.121. The third kappa shape index (κ3) is 1.14. The summed E-state index contributed by atoms with van der Waals surface area (Å²) < 4.78 is 45.4. The van der Waals surface area contributed by atoms with E-state index in [0.29, 0.717) is 0 Å². The number of sulfone groups is 1. The highest BCUT2D eigenvalue weighted by Gasteiger charge is 2.63. The van der Waals surface area contributed by atoms with Crippen LogP contribution < -0.4 is 0 Å². The molecule has 1 aliphatic carbocycles. The van der Waals surface area contributed by atoms with Gasteiger partial charge in [0.2, 0.25) is 0 Å². The van der Waals surface area contributed by atoms with Gasteiger partial charge in [-0.25, -0.2) is 17.2 Å². The van der Waals surface area contributed by atoms with Gasteiger partial charge in [-0.3, -0.25) is 0 Å². The molecule has 0 aliphatic heterocycles. The summed E-state index contributed by atoms with van der Waals surface area (Å²) in [7, 11) is -3.61. The molecule has 1 aliphatic rings. The third-order valence-corrected chi connectivity index (χ3v) is 3.46. The minimum Gasteiger partial charge on any atom is -0.228 e. The summed E-state index contributed by atoms with van der Waals surface area (Å²) in [5.41, 5.74) is 0. The number of halogens is 2. The second-order valence-electron chi connectivity index (χ2n) is 2.28. The first-order valence-corrected chi connectivity index (χ1v) is 4.42. The fourth-order valence-corrected chi connectivity index (χ4v) is 1.97. The van der Waals surface area contributed by atoms with Crippen molar-refractivity contribution in [3.8, 4) is 0 Å². The fourth-order valence-electron chi connectivity index (χ4n) is 0.709. The zero-order valence-electron chi connectivity index (χ0n) is 5.34. The van der Waals surface area contributed by atoms with Gasteiger partial charge in [0, 0.05) is 6.42 Å². The van der Waals surface area contributed by atoms with Crippen LogP contribution in [0.3, 0.4) is 0 Å². The van der Waals surface area contributed by atoms with Gasteiger partial charge in [0.15, 0.2) is 9.84 Å². The normalized spacial score (nSPS) is 30.1. The van der Waals surface area contributed by atoms with Gasteiger partial charge >= 0.3 is 0 Å². The molecule has 1 radical (unpaired) electrons. The SMILES string of the molecule is C[CH]S(=O)(=O)C1CC1(F)F. The number of alkyl halides is 2. The lowest BCUT2D eigenvalue weighted by Crippen LogP contribution is -2.12. The molecular formula is C5H7F2O2S. The van der Waals surface area contributed by atoms with Crippen LogP contribution in [0.4, 0.5) is 8.78 Å². The van der Waals surface area contributed by atoms with Gasteiger partial charge in [0.1, 0.15) is 5.25 Å². The van der Waals surface area contributed by atoms with Crippen molar-refractivity contribution in [2.75, 3.05) is 0 Å². The molecule has 10 heavy (non-hydrogen) atoms. The molecule has 5 heteroatoms. The van der Waals surface area contributed by atoms with E-state index in [-0.39, 0.29) is 0 Å². The number of rotatable bonds is 2. The Kier molecular flexibility index (Phi) is 1.50. The minimum absolute atomic E-state index is 0.514. The average molecular weight is 169 g/mol. The van der Waals surface area contributed by atoms with Crippen LogP contribution in [0.2, 0.25) is 0 Å². The molecule has 1 rings (SSSR count). The Balaban J connectivity index is 2.73. The predicted octanol–water partition coefficient (Wildman–Crippen LogP) is 0.990. The van der Waals surface area contributed by atoms with Crippen LogP contribution in [0.5, 0.6) is 0 Å². The van der Waals surface area contributed by atoms with Gasteiger partial charge in [0.25, 0.3) is 5.92 Å². The van der Waals surface area contributed by atoms with E-state index >= 15 is 0 Å². The quantitative estimate of drug-likeness (QED) is 0.617. The van der Waals surface area contributed by atoms with Gasteiger partial charge < -0.3 is 0 Å². The van der Waals surface area contributed by atoms with Crippen molar-refractivity contribution in [1.82, 2.24) is 0 Å². The molecule has 59 valence electrons. The first-order chi connectivity index (χ1) is 4.40. The van der Waals surface area contributed by atoms with Crippen LogP contribution in [0, 0.1) is 5.75 Å². The Morgan fingerprint density at radius 3 is 2.10 bits per heavy atom. The van der Waals surface area contributed by atoms with Crippen molar-refractivity contribution < 1.29 is 17.2 Å². The van der Waals surface area contributed by atoms with Gasteiger partial charge in [-0.05, 0) is 6.92 Å². The summed E-state index contributed by atoms with van der Waals surface area (Å²) in [6.45, 7) is 1.25. The van der Waals surface area contributed by atoms with E-state index in [0.717, 1.165) is 5.75 Å². The first-order valence-electron chi connectivity index (χ1n) is 2.81. The average Bonchev–Trinajstić information content (AvgIpc) is 2.41. The predicted molar refractivity (Wildman–Crippen MR) is 32.2 cm³/mol. The van der Waals surface area contributed by atoms with Crippen LogP contribution in [0.25, 0.3) is 0 Å². The van der Waals surface area contributed by atoms with Crippen LogP contribution >= 0.6 is 0 Å². The summed E-state index contributed by atoms with van der Waals surface area (Å²) in [5.74, 6) is -2.13. The van der Waals surface area contributed by atoms with Crippen molar-refractivity contribution in [3.63, 3.8) is 0 Å². The van der Waals surface area contributed by atoms with Crippen LogP contribution in [0.15, 0.2) is 0 Å². The van der Waals surface area contributed by atoms with Crippen molar-refractivity contribution in [3.05, 3.63) is 5.75 Å². The molecule has 0 spiro atoms. The molecule has 0 aromatic heterocycles. The highest BCUT2D eigenvalue weighted by molar-refractivity contribution is 7.94. The van der Waals surface area contributed by atoms with Crippen molar-refractivity contribution in [2.45, 2.75) is 24.5 Å². The zero-order valence-corrected chi connectivity index (χ0v) is 6.16. The van der Waals surface area contributed by atoms with Crippen LogP contribution in [0.1, 0.15) is 13.3 Å². The molecule has 0 amide bonds. The zero-order chi connectivity index (χ0) is 7.99.